The molecule has 0 saturated heterocycles. The largest absolute Gasteiger partial charge is 0.490 e. The highest BCUT2D eigenvalue weighted by molar-refractivity contribution is 7.13. The van der Waals surface area contributed by atoms with E-state index in [1.54, 1.807) is 25.1 Å². The number of hydrogen-bond donors (Lipinski definition) is 0. The number of thiophene rings is 1. The predicted octanol–water partition coefficient (Wildman–Crippen LogP) is 4.13. The maximum atomic E-state index is 12.3. The highest BCUT2D eigenvalue weighted by atomic mass is 32.1. The standard InChI is InChI=1S/C19H16N2O4S/c1-3-23-16-9-13(11-20)6-7-15(16)25-18(22)10-14-12(2)24-19(21-14)17-5-4-8-26-17/h4-9H,3,10H2,1-2H3. The Balaban J connectivity index is 1.75. The van der Waals surface area contributed by atoms with Crippen molar-refractivity contribution in [2.75, 3.05) is 6.61 Å². The normalized spacial score (nSPS) is 10.3. The minimum Gasteiger partial charge on any atom is -0.490 e. The van der Waals surface area contributed by atoms with Gasteiger partial charge in [0.1, 0.15) is 5.76 Å². The van der Waals surface area contributed by atoms with Crippen LogP contribution in [0.5, 0.6) is 11.5 Å². The van der Waals surface area contributed by atoms with Gasteiger partial charge in [-0.2, -0.15) is 5.26 Å². The molecule has 132 valence electrons. The number of oxazole rings is 1. The molecule has 6 nitrogen and oxygen atoms in total. The second kappa shape index (κ2) is 7.85. The van der Waals surface area contributed by atoms with E-state index in [1.165, 1.54) is 11.3 Å². The molecule has 26 heavy (non-hydrogen) atoms. The smallest absolute Gasteiger partial charge is 0.317 e. The van der Waals surface area contributed by atoms with Crippen LogP contribution < -0.4 is 9.47 Å². The first-order valence-corrected chi connectivity index (χ1v) is 8.86. The van der Waals surface area contributed by atoms with Crippen molar-refractivity contribution in [1.29, 1.82) is 5.26 Å². The lowest BCUT2D eigenvalue weighted by Crippen LogP contribution is -2.13. The lowest BCUT2D eigenvalue weighted by molar-refractivity contribution is -0.133. The van der Waals surface area contributed by atoms with Gasteiger partial charge in [0.2, 0.25) is 5.89 Å². The molecule has 3 aromatic rings. The Morgan fingerprint density at radius 2 is 2.19 bits per heavy atom. The summed E-state index contributed by atoms with van der Waals surface area (Å²) >= 11 is 1.52. The average Bonchev–Trinajstić information content (AvgIpc) is 3.27. The number of rotatable bonds is 6. The molecule has 0 spiro atoms. The number of ether oxygens (including phenoxy) is 2. The van der Waals surface area contributed by atoms with Crippen LogP contribution in [0, 0.1) is 18.3 Å². The van der Waals surface area contributed by atoms with Gasteiger partial charge in [0, 0.05) is 6.07 Å². The zero-order valence-corrected chi connectivity index (χ0v) is 15.1. The van der Waals surface area contributed by atoms with E-state index in [0.29, 0.717) is 35.3 Å². The summed E-state index contributed by atoms with van der Waals surface area (Å²) in [5, 5.41) is 10.9. The fraction of sp³-hybridized carbons (Fsp3) is 0.211. The van der Waals surface area contributed by atoms with E-state index >= 15 is 0 Å². The van der Waals surface area contributed by atoms with Crippen LogP contribution in [-0.2, 0) is 11.2 Å². The van der Waals surface area contributed by atoms with Crippen molar-refractivity contribution >= 4 is 17.3 Å². The van der Waals surface area contributed by atoms with Gasteiger partial charge >= 0.3 is 5.97 Å². The maximum Gasteiger partial charge on any atom is 0.317 e. The highest BCUT2D eigenvalue weighted by Gasteiger charge is 2.18. The number of carbonyl (C=O) groups is 1. The van der Waals surface area contributed by atoms with Crippen LogP contribution in [0.4, 0.5) is 0 Å². The van der Waals surface area contributed by atoms with Crippen LogP contribution in [-0.4, -0.2) is 17.6 Å². The van der Waals surface area contributed by atoms with Gasteiger partial charge in [0.05, 0.1) is 35.2 Å². The number of carbonyl (C=O) groups excluding carboxylic acids is 1. The quantitative estimate of drug-likeness (QED) is 0.480. The van der Waals surface area contributed by atoms with E-state index in [2.05, 4.69) is 4.98 Å². The van der Waals surface area contributed by atoms with Crippen molar-refractivity contribution in [3.05, 3.63) is 52.7 Å². The van der Waals surface area contributed by atoms with Crippen LogP contribution in [0.15, 0.2) is 40.1 Å². The van der Waals surface area contributed by atoms with E-state index in [4.69, 9.17) is 19.2 Å². The SMILES string of the molecule is CCOc1cc(C#N)ccc1OC(=O)Cc1nc(-c2cccs2)oc1C. The first-order chi connectivity index (χ1) is 12.6. The molecule has 2 aromatic heterocycles. The summed E-state index contributed by atoms with van der Waals surface area (Å²) in [7, 11) is 0. The van der Waals surface area contributed by atoms with Gasteiger partial charge in [-0.05, 0) is 37.4 Å². The number of nitrogens with zero attached hydrogens (tertiary/aromatic N) is 2. The van der Waals surface area contributed by atoms with Gasteiger partial charge in [0.25, 0.3) is 0 Å². The number of hydrogen-bond acceptors (Lipinski definition) is 7. The van der Waals surface area contributed by atoms with Crippen LogP contribution >= 0.6 is 11.3 Å². The third-order valence-electron chi connectivity index (χ3n) is 3.53. The Labute approximate surface area is 154 Å². The number of esters is 1. The van der Waals surface area contributed by atoms with Gasteiger partial charge in [-0.25, -0.2) is 4.98 Å². The number of aryl methyl sites for hydroxylation is 1. The van der Waals surface area contributed by atoms with E-state index in [-0.39, 0.29) is 12.2 Å². The topological polar surface area (TPSA) is 85.4 Å². The minimum absolute atomic E-state index is 0.0216. The summed E-state index contributed by atoms with van der Waals surface area (Å²) < 4.78 is 16.5. The number of benzene rings is 1. The van der Waals surface area contributed by atoms with E-state index < -0.39 is 5.97 Å². The van der Waals surface area contributed by atoms with Gasteiger partial charge in [-0.3, -0.25) is 4.79 Å². The molecule has 7 heteroatoms. The summed E-state index contributed by atoms with van der Waals surface area (Å²) in [5.41, 5.74) is 0.964. The molecule has 0 bridgehead atoms. The predicted molar refractivity (Wildman–Crippen MR) is 96.2 cm³/mol. The van der Waals surface area contributed by atoms with E-state index in [1.807, 2.05) is 30.5 Å². The fourth-order valence-corrected chi connectivity index (χ4v) is 2.97. The van der Waals surface area contributed by atoms with Crippen molar-refractivity contribution in [1.82, 2.24) is 4.98 Å². The molecule has 0 aliphatic heterocycles. The lowest BCUT2D eigenvalue weighted by atomic mass is 10.2. The maximum absolute atomic E-state index is 12.3. The third-order valence-corrected chi connectivity index (χ3v) is 4.39. The monoisotopic (exact) mass is 368 g/mol. The summed E-state index contributed by atoms with van der Waals surface area (Å²) in [6, 6.07) is 10.5. The van der Waals surface area contributed by atoms with Crippen molar-refractivity contribution in [2.45, 2.75) is 20.3 Å². The Morgan fingerprint density at radius 3 is 2.88 bits per heavy atom. The fourth-order valence-electron chi connectivity index (χ4n) is 2.32. The number of aromatic nitrogens is 1. The summed E-state index contributed by atoms with van der Waals surface area (Å²) in [6.45, 7) is 3.97. The van der Waals surface area contributed by atoms with Gasteiger partial charge in [-0.15, -0.1) is 11.3 Å². The Kier molecular flexibility index (Phi) is 5.34. The molecule has 3 rings (SSSR count). The Hall–Kier alpha value is -3.11. The first kappa shape index (κ1) is 17.7. The second-order valence-electron chi connectivity index (χ2n) is 5.36. The van der Waals surface area contributed by atoms with Crippen LogP contribution in [0.1, 0.15) is 23.9 Å². The van der Waals surface area contributed by atoms with Crippen LogP contribution in [0.25, 0.3) is 10.8 Å². The highest BCUT2D eigenvalue weighted by Crippen LogP contribution is 2.29. The van der Waals surface area contributed by atoms with E-state index in [9.17, 15) is 4.79 Å². The third kappa shape index (κ3) is 3.92. The molecule has 2 heterocycles. The van der Waals surface area contributed by atoms with Crippen LogP contribution in [0.3, 0.4) is 0 Å². The Morgan fingerprint density at radius 1 is 1.35 bits per heavy atom. The molecule has 0 aliphatic rings. The molecule has 1 aromatic carbocycles. The minimum atomic E-state index is -0.482. The van der Waals surface area contributed by atoms with Crippen molar-refractivity contribution in [3.8, 4) is 28.3 Å². The average molecular weight is 368 g/mol. The van der Waals surface area contributed by atoms with Gasteiger partial charge in [0.15, 0.2) is 11.5 Å². The van der Waals surface area contributed by atoms with E-state index in [0.717, 1.165) is 4.88 Å². The molecule has 0 aliphatic carbocycles. The molecular weight excluding hydrogens is 352 g/mol. The molecule has 0 amide bonds. The van der Waals surface area contributed by atoms with Crippen molar-refractivity contribution in [3.63, 3.8) is 0 Å². The summed E-state index contributed by atoms with van der Waals surface area (Å²) in [6.07, 6.45) is -0.0216. The first-order valence-electron chi connectivity index (χ1n) is 7.98. The second-order valence-corrected chi connectivity index (χ2v) is 6.30. The molecule has 0 saturated carbocycles. The lowest BCUT2D eigenvalue weighted by Gasteiger charge is -2.10. The molecule has 0 unspecified atom stereocenters. The van der Waals surface area contributed by atoms with Gasteiger partial charge < -0.3 is 13.9 Å². The molecule has 0 atom stereocenters. The zero-order chi connectivity index (χ0) is 18.5. The van der Waals surface area contributed by atoms with Gasteiger partial charge in [-0.1, -0.05) is 6.07 Å². The zero-order valence-electron chi connectivity index (χ0n) is 14.3. The van der Waals surface area contributed by atoms with Crippen molar-refractivity contribution < 1.29 is 18.7 Å². The molecular formula is C19H16N2O4S. The number of nitriles is 1. The summed E-state index contributed by atoms with van der Waals surface area (Å²) in [5.74, 6) is 1.22. The Bertz CT molecular complexity index is 955. The molecule has 0 N–H and O–H groups in total. The molecule has 0 radical (unpaired) electrons. The van der Waals surface area contributed by atoms with Crippen molar-refractivity contribution in [2.24, 2.45) is 0 Å². The molecule has 0 fully saturated rings. The summed E-state index contributed by atoms with van der Waals surface area (Å²) in [4.78, 5) is 17.6. The van der Waals surface area contributed by atoms with Crippen LogP contribution in [0.2, 0.25) is 0 Å².